The van der Waals surface area contributed by atoms with E-state index in [2.05, 4.69) is 16.2 Å². The highest BCUT2D eigenvalue weighted by atomic mass is 32.1. The fourth-order valence-corrected chi connectivity index (χ4v) is 3.27. The molecule has 0 aliphatic carbocycles. The van der Waals surface area contributed by atoms with Crippen molar-refractivity contribution >= 4 is 34.1 Å². The van der Waals surface area contributed by atoms with Crippen LogP contribution in [0.5, 0.6) is 17.2 Å². The molecule has 162 valence electrons. The molecule has 1 heterocycles. The van der Waals surface area contributed by atoms with Gasteiger partial charge < -0.3 is 19.5 Å². The Kier molecular flexibility index (Phi) is 8.48. The van der Waals surface area contributed by atoms with Gasteiger partial charge in [0.15, 0.2) is 11.5 Å². The second-order valence-electron chi connectivity index (χ2n) is 5.85. The maximum Gasteiger partial charge on any atom is 0.272 e. The van der Waals surface area contributed by atoms with Crippen LogP contribution in [0.25, 0.3) is 0 Å². The minimum atomic E-state index is -0.543. The first-order chi connectivity index (χ1) is 14.4. The molecule has 0 radical (unpaired) electrons. The second kappa shape index (κ2) is 11.1. The van der Waals surface area contributed by atoms with Crippen molar-refractivity contribution in [2.75, 3.05) is 25.1 Å². The van der Waals surface area contributed by atoms with Crippen LogP contribution in [-0.2, 0) is 4.79 Å². The van der Waals surface area contributed by atoms with Crippen LogP contribution in [0.1, 0.15) is 48.4 Å². The van der Waals surface area contributed by atoms with Gasteiger partial charge in [-0.05, 0) is 44.4 Å². The Bertz CT molecular complexity index is 885. The molecule has 2 rings (SSSR count). The lowest BCUT2D eigenvalue weighted by Gasteiger charge is -2.17. The van der Waals surface area contributed by atoms with Gasteiger partial charge in [0.2, 0.25) is 11.7 Å². The van der Waals surface area contributed by atoms with Crippen molar-refractivity contribution in [2.24, 2.45) is 0 Å². The highest BCUT2D eigenvalue weighted by Crippen LogP contribution is 2.39. The molecule has 0 aliphatic rings. The van der Waals surface area contributed by atoms with Gasteiger partial charge in [-0.1, -0.05) is 0 Å². The maximum atomic E-state index is 12.9. The molecular weight excluding hydrogens is 410 g/mol. The van der Waals surface area contributed by atoms with Gasteiger partial charge in [0.05, 0.1) is 25.4 Å². The minimum Gasteiger partial charge on any atom is -0.490 e. The van der Waals surface area contributed by atoms with Crippen molar-refractivity contribution in [3.8, 4) is 17.2 Å². The Morgan fingerprint density at radius 3 is 2.03 bits per heavy atom. The van der Waals surface area contributed by atoms with E-state index in [1.165, 1.54) is 18.3 Å². The van der Waals surface area contributed by atoms with E-state index in [0.717, 1.165) is 0 Å². The highest BCUT2D eigenvalue weighted by molar-refractivity contribution is 7.14. The van der Waals surface area contributed by atoms with Gasteiger partial charge in [0.25, 0.3) is 11.8 Å². The number of hydrogen-bond acceptors (Lipinski definition) is 7. The average molecular weight is 436 g/mol. The van der Waals surface area contributed by atoms with Gasteiger partial charge in [-0.3, -0.25) is 25.2 Å². The number of amides is 3. The van der Waals surface area contributed by atoms with Crippen LogP contribution in [0.15, 0.2) is 23.6 Å². The Labute approximate surface area is 178 Å². The van der Waals surface area contributed by atoms with Crippen molar-refractivity contribution in [3.63, 3.8) is 0 Å². The number of hydrogen-bond donors (Lipinski definition) is 3. The third-order valence-electron chi connectivity index (χ3n) is 3.66. The van der Waals surface area contributed by atoms with Crippen molar-refractivity contribution in [1.29, 1.82) is 0 Å². The molecule has 0 spiro atoms. The van der Waals surface area contributed by atoms with Crippen LogP contribution in [0.4, 0.5) is 5.00 Å². The molecule has 2 aromatic rings. The van der Waals surface area contributed by atoms with E-state index in [9.17, 15) is 14.4 Å². The lowest BCUT2D eigenvalue weighted by molar-refractivity contribution is -0.119. The predicted molar refractivity (Wildman–Crippen MR) is 114 cm³/mol. The number of rotatable bonds is 9. The van der Waals surface area contributed by atoms with Crippen LogP contribution >= 0.6 is 11.3 Å². The van der Waals surface area contributed by atoms with Crippen molar-refractivity contribution in [3.05, 3.63) is 34.7 Å². The van der Waals surface area contributed by atoms with E-state index < -0.39 is 17.7 Å². The second-order valence-corrected chi connectivity index (χ2v) is 6.77. The van der Waals surface area contributed by atoms with E-state index >= 15 is 0 Å². The lowest BCUT2D eigenvalue weighted by Crippen LogP contribution is -2.40. The van der Waals surface area contributed by atoms with E-state index in [1.807, 2.05) is 20.8 Å². The van der Waals surface area contributed by atoms with Crippen molar-refractivity contribution < 1.29 is 28.6 Å². The average Bonchev–Trinajstić information content (AvgIpc) is 3.16. The minimum absolute atomic E-state index is 0.225. The Morgan fingerprint density at radius 2 is 1.50 bits per heavy atom. The molecule has 3 N–H and O–H groups in total. The number of carbonyl (C=O) groups excluding carboxylic acids is 3. The van der Waals surface area contributed by atoms with Crippen molar-refractivity contribution in [2.45, 2.75) is 27.7 Å². The molecule has 0 saturated heterocycles. The summed E-state index contributed by atoms with van der Waals surface area (Å²) in [5, 5.41) is 4.72. The molecule has 0 bridgehead atoms. The van der Waals surface area contributed by atoms with Crippen LogP contribution in [-0.4, -0.2) is 37.5 Å². The first-order valence-electron chi connectivity index (χ1n) is 9.43. The summed E-state index contributed by atoms with van der Waals surface area (Å²) in [4.78, 5) is 36.1. The van der Waals surface area contributed by atoms with E-state index in [0.29, 0.717) is 42.1 Å². The van der Waals surface area contributed by atoms with Gasteiger partial charge in [-0.25, -0.2) is 0 Å². The zero-order valence-electron chi connectivity index (χ0n) is 17.3. The van der Waals surface area contributed by atoms with Crippen LogP contribution in [0, 0.1) is 0 Å². The Hall–Kier alpha value is -3.27. The van der Waals surface area contributed by atoms with Gasteiger partial charge >= 0.3 is 0 Å². The lowest BCUT2D eigenvalue weighted by atomic mass is 10.1. The summed E-state index contributed by atoms with van der Waals surface area (Å²) < 4.78 is 16.9. The zero-order valence-corrected chi connectivity index (χ0v) is 18.1. The number of ether oxygens (including phenoxy) is 3. The van der Waals surface area contributed by atoms with Gasteiger partial charge in [-0.2, -0.15) is 0 Å². The normalized spacial score (nSPS) is 10.1. The van der Waals surface area contributed by atoms with E-state index in [-0.39, 0.29) is 11.1 Å². The standard InChI is InChI=1S/C20H25N3O6S/c1-5-27-15-10-13(11-16(28-6-2)17(15)29-7-3)18(25)21-20-14(8-9-30-20)19(26)23-22-12(4)24/h8-11H,5-7H2,1-4H3,(H,21,25)(H,22,24)(H,23,26). The smallest absolute Gasteiger partial charge is 0.272 e. The molecule has 1 aromatic heterocycles. The number of thiophene rings is 1. The quantitative estimate of drug-likeness (QED) is 0.522. The first kappa shape index (κ1) is 23.0. The largest absolute Gasteiger partial charge is 0.490 e. The fourth-order valence-electron chi connectivity index (χ4n) is 2.49. The Morgan fingerprint density at radius 1 is 0.900 bits per heavy atom. The molecule has 9 nitrogen and oxygen atoms in total. The third kappa shape index (κ3) is 5.86. The SMILES string of the molecule is CCOc1cc(C(=O)Nc2sccc2C(=O)NNC(C)=O)cc(OCC)c1OCC. The van der Waals surface area contributed by atoms with Crippen LogP contribution in [0.3, 0.4) is 0 Å². The summed E-state index contributed by atoms with van der Waals surface area (Å²) in [6, 6.07) is 4.68. The highest BCUT2D eigenvalue weighted by Gasteiger charge is 2.20. The molecule has 1 aromatic carbocycles. The Balaban J connectivity index is 2.30. The molecule has 10 heteroatoms. The van der Waals surface area contributed by atoms with Crippen LogP contribution < -0.4 is 30.4 Å². The fraction of sp³-hybridized carbons (Fsp3) is 0.350. The van der Waals surface area contributed by atoms with Gasteiger partial charge in [0, 0.05) is 12.5 Å². The molecule has 0 unspecified atom stereocenters. The molecule has 0 atom stereocenters. The molecule has 0 aliphatic heterocycles. The number of hydrazine groups is 1. The number of nitrogens with one attached hydrogen (secondary N) is 3. The molecule has 0 fully saturated rings. The summed E-state index contributed by atoms with van der Waals surface area (Å²) in [6.45, 7) is 7.95. The number of anilines is 1. The van der Waals surface area contributed by atoms with Gasteiger partial charge in [-0.15, -0.1) is 11.3 Å². The van der Waals surface area contributed by atoms with Gasteiger partial charge in [0.1, 0.15) is 5.00 Å². The summed E-state index contributed by atoms with van der Waals surface area (Å²) >= 11 is 1.18. The summed E-state index contributed by atoms with van der Waals surface area (Å²) in [5.74, 6) is -0.181. The van der Waals surface area contributed by atoms with E-state index in [4.69, 9.17) is 14.2 Å². The summed E-state index contributed by atoms with van der Waals surface area (Å²) in [7, 11) is 0. The molecular formula is C20H25N3O6S. The number of benzene rings is 1. The topological polar surface area (TPSA) is 115 Å². The number of carbonyl (C=O) groups is 3. The summed E-state index contributed by atoms with van der Waals surface area (Å²) in [6.07, 6.45) is 0. The van der Waals surface area contributed by atoms with Crippen LogP contribution in [0.2, 0.25) is 0 Å². The zero-order chi connectivity index (χ0) is 22.1. The monoisotopic (exact) mass is 435 g/mol. The van der Waals surface area contributed by atoms with E-state index in [1.54, 1.807) is 23.6 Å². The maximum absolute atomic E-state index is 12.9. The molecule has 30 heavy (non-hydrogen) atoms. The first-order valence-corrected chi connectivity index (χ1v) is 10.3. The van der Waals surface area contributed by atoms with Crippen molar-refractivity contribution in [1.82, 2.24) is 10.9 Å². The summed E-state index contributed by atoms with van der Waals surface area (Å²) in [5.41, 5.74) is 4.99. The predicted octanol–water partition coefficient (Wildman–Crippen LogP) is 2.98. The molecule has 3 amide bonds. The molecule has 0 saturated carbocycles. The third-order valence-corrected chi connectivity index (χ3v) is 4.49.